The number of ether oxygens (including phenoxy) is 1. The number of anilines is 3. The van der Waals surface area contributed by atoms with Crippen LogP contribution >= 0.6 is 0 Å². The van der Waals surface area contributed by atoms with Crippen molar-refractivity contribution < 1.29 is 9.53 Å². The highest BCUT2D eigenvalue weighted by molar-refractivity contribution is 5.97. The van der Waals surface area contributed by atoms with E-state index in [0.29, 0.717) is 34.6 Å². The largest absolute Gasteiger partial charge is 0.496 e. The number of hydrazine groups is 1. The van der Waals surface area contributed by atoms with Crippen molar-refractivity contribution in [2.24, 2.45) is 5.92 Å². The van der Waals surface area contributed by atoms with Crippen molar-refractivity contribution in [2.45, 2.75) is 19.8 Å². The monoisotopic (exact) mass is 356 g/mol. The standard InChI is InChI=1S/C18H24N6O2/c1-12-7-9-24(10-8-12)17-15(19)16(20-11-21-17)22-23-18(25)13-5-3-4-6-14(13)26-2/h3-6,11-12H,7-10,19H2,1-2H3,(H,23,25)(H,20,21,22). The van der Waals surface area contributed by atoms with Crippen LogP contribution < -0.4 is 26.2 Å². The summed E-state index contributed by atoms with van der Waals surface area (Å²) in [4.78, 5) is 23.0. The number of nitrogens with one attached hydrogen (secondary N) is 2. The lowest BCUT2D eigenvalue weighted by molar-refractivity contribution is 0.0959. The Balaban J connectivity index is 1.70. The fraction of sp³-hybridized carbons (Fsp3) is 0.389. The smallest absolute Gasteiger partial charge is 0.273 e. The second kappa shape index (κ2) is 7.90. The third kappa shape index (κ3) is 3.79. The maximum Gasteiger partial charge on any atom is 0.273 e. The molecule has 0 aliphatic carbocycles. The maximum atomic E-state index is 12.4. The molecule has 2 heterocycles. The van der Waals surface area contributed by atoms with E-state index in [4.69, 9.17) is 10.5 Å². The van der Waals surface area contributed by atoms with Crippen molar-refractivity contribution in [2.75, 3.05) is 36.3 Å². The third-order valence-corrected chi connectivity index (χ3v) is 4.59. The number of aromatic nitrogens is 2. The van der Waals surface area contributed by atoms with E-state index in [-0.39, 0.29) is 5.91 Å². The average molecular weight is 356 g/mol. The summed E-state index contributed by atoms with van der Waals surface area (Å²) in [5, 5.41) is 0. The van der Waals surface area contributed by atoms with Crippen molar-refractivity contribution in [3.05, 3.63) is 36.2 Å². The van der Waals surface area contributed by atoms with Gasteiger partial charge in [0.15, 0.2) is 11.6 Å². The number of nitrogen functional groups attached to an aromatic ring is 1. The number of carbonyl (C=O) groups excluding carboxylic acids is 1. The van der Waals surface area contributed by atoms with Gasteiger partial charge in [0.2, 0.25) is 0 Å². The second-order valence-corrected chi connectivity index (χ2v) is 6.41. The van der Waals surface area contributed by atoms with Crippen LogP contribution in [0.1, 0.15) is 30.1 Å². The molecule has 0 bridgehead atoms. The molecule has 3 rings (SSSR count). The number of hydrogen-bond donors (Lipinski definition) is 3. The highest BCUT2D eigenvalue weighted by atomic mass is 16.5. The van der Waals surface area contributed by atoms with Crippen molar-refractivity contribution in [1.29, 1.82) is 0 Å². The van der Waals surface area contributed by atoms with E-state index in [9.17, 15) is 4.79 Å². The number of benzene rings is 1. The number of carbonyl (C=O) groups is 1. The summed E-state index contributed by atoms with van der Waals surface area (Å²) in [5.74, 6) is 1.93. The second-order valence-electron chi connectivity index (χ2n) is 6.41. The Hall–Kier alpha value is -3.03. The van der Waals surface area contributed by atoms with Crippen molar-refractivity contribution in [3.8, 4) is 5.75 Å². The molecule has 1 aromatic heterocycles. The zero-order chi connectivity index (χ0) is 18.5. The van der Waals surface area contributed by atoms with E-state index in [1.807, 2.05) is 0 Å². The molecule has 1 aliphatic rings. The van der Waals surface area contributed by atoms with E-state index in [2.05, 4.69) is 32.6 Å². The molecule has 138 valence electrons. The summed E-state index contributed by atoms with van der Waals surface area (Å²) < 4.78 is 5.20. The van der Waals surface area contributed by atoms with Crippen molar-refractivity contribution >= 4 is 23.2 Å². The van der Waals surface area contributed by atoms with Crippen LogP contribution in [0.15, 0.2) is 30.6 Å². The van der Waals surface area contributed by atoms with Crippen LogP contribution in [0, 0.1) is 5.92 Å². The topological polar surface area (TPSA) is 105 Å². The van der Waals surface area contributed by atoms with Gasteiger partial charge in [-0.3, -0.25) is 15.6 Å². The minimum atomic E-state index is -0.339. The van der Waals surface area contributed by atoms with Gasteiger partial charge in [0, 0.05) is 13.1 Å². The van der Waals surface area contributed by atoms with Gasteiger partial charge in [0.1, 0.15) is 17.8 Å². The van der Waals surface area contributed by atoms with Gasteiger partial charge in [0.05, 0.1) is 12.7 Å². The minimum absolute atomic E-state index is 0.339. The zero-order valence-electron chi connectivity index (χ0n) is 15.0. The molecule has 1 amide bonds. The normalized spacial score (nSPS) is 14.8. The van der Waals surface area contributed by atoms with Crippen LogP contribution in [0.25, 0.3) is 0 Å². The lowest BCUT2D eigenvalue weighted by Gasteiger charge is -2.32. The van der Waals surface area contributed by atoms with E-state index in [0.717, 1.165) is 25.9 Å². The number of nitrogens with zero attached hydrogens (tertiary/aromatic N) is 3. The van der Waals surface area contributed by atoms with E-state index in [1.54, 1.807) is 24.3 Å². The first kappa shape index (κ1) is 17.8. The van der Waals surface area contributed by atoms with Gasteiger partial charge in [-0.05, 0) is 30.9 Å². The number of para-hydroxylation sites is 1. The maximum absolute atomic E-state index is 12.4. The highest BCUT2D eigenvalue weighted by Crippen LogP contribution is 2.29. The molecule has 1 saturated heterocycles. The average Bonchev–Trinajstić information content (AvgIpc) is 2.67. The Morgan fingerprint density at radius 1 is 1.27 bits per heavy atom. The van der Waals surface area contributed by atoms with Crippen LogP contribution in [-0.4, -0.2) is 36.1 Å². The summed E-state index contributed by atoms with van der Waals surface area (Å²) >= 11 is 0. The summed E-state index contributed by atoms with van der Waals surface area (Å²) in [6, 6.07) is 6.98. The first-order valence-electron chi connectivity index (χ1n) is 8.65. The Kier molecular flexibility index (Phi) is 5.40. The molecule has 8 nitrogen and oxygen atoms in total. The van der Waals surface area contributed by atoms with Crippen LogP contribution in [0.5, 0.6) is 5.75 Å². The molecule has 0 unspecified atom stereocenters. The quantitative estimate of drug-likeness (QED) is 0.704. The van der Waals surface area contributed by atoms with Crippen LogP contribution in [0.2, 0.25) is 0 Å². The number of amides is 1. The van der Waals surface area contributed by atoms with Crippen LogP contribution in [-0.2, 0) is 0 Å². The van der Waals surface area contributed by atoms with E-state index < -0.39 is 0 Å². The molecule has 0 spiro atoms. The lowest BCUT2D eigenvalue weighted by atomic mass is 9.99. The number of piperidine rings is 1. The van der Waals surface area contributed by atoms with Gasteiger partial charge in [-0.1, -0.05) is 19.1 Å². The Labute approximate surface area is 152 Å². The number of rotatable bonds is 5. The fourth-order valence-corrected chi connectivity index (χ4v) is 2.97. The Morgan fingerprint density at radius 2 is 2.00 bits per heavy atom. The zero-order valence-corrected chi connectivity index (χ0v) is 15.0. The Morgan fingerprint density at radius 3 is 2.73 bits per heavy atom. The first-order chi connectivity index (χ1) is 12.6. The molecule has 26 heavy (non-hydrogen) atoms. The van der Waals surface area contributed by atoms with Crippen LogP contribution in [0.3, 0.4) is 0 Å². The third-order valence-electron chi connectivity index (χ3n) is 4.59. The van der Waals surface area contributed by atoms with Gasteiger partial charge >= 0.3 is 0 Å². The molecular formula is C18H24N6O2. The molecule has 8 heteroatoms. The predicted molar refractivity (Wildman–Crippen MR) is 101 cm³/mol. The highest BCUT2D eigenvalue weighted by Gasteiger charge is 2.21. The van der Waals surface area contributed by atoms with Gasteiger partial charge in [0.25, 0.3) is 5.91 Å². The summed E-state index contributed by atoms with van der Waals surface area (Å²) in [6.45, 7) is 4.08. The molecule has 4 N–H and O–H groups in total. The SMILES string of the molecule is COc1ccccc1C(=O)NNc1ncnc(N2CCC(C)CC2)c1N. The molecular weight excluding hydrogens is 332 g/mol. The number of nitrogens with two attached hydrogens (primary N) is 1. The minimum Gasteiger partial charge on any atom is -0.496 e. The lowest BCUT2D eigenvalue weighted by Crippen LogP contribution is -2.35. The van der Waals surface area contributed by atoms with Crippen molar-refractivity contribution in [1.82, 2.24) is 15.4 Å². The molecule has 1 fully saturated rings. The number of methoxy groups -OCH3 is 1. The first-order valence-corrected chi connectivity index (χ1v) is 8.65. The molecule has 2 aromatic rings. The molecule has 0 atom stereocenters. The predicted octanol–water partition coefficient (Wildman–Crippen LogP) is 2.06. The summed E-state index contributed by atoms with van der Waals surface area (Å²) in [7, 11) is 1.52. The van der Waals surface area contributed by atoms with Gasteiger partial charge in [-0.15, -0.1) is 0 Å². The molecule has 1 aliphatic heterocycles. The fourth-order valence-electron chi connectivity index (χ4n) is 2.97. The van der Waals surface area contributed by atoms with E-state index in [1.165, 1.54) is 13.4 Å². The van der Waals surface area contributed by atoms with Crippen molar-refractivity contribution in [3.63, 3.8) is 0 Å². The molecule has 0 saturated carbocycles. The summed E-state index contributed by atoms with van der Waals surface area (Å²) in [6.07, 6.45) is 3.66. The van der Waals surface area contributed by atoms with Crippen LogP contribution in [0.4, 0.5) is 17.3 Å². The molecule has 0 radical (unpaired) electrons. The van der Waals surface area contributed by atoms with E-state index >= 15 is 0 Å². The van der Waals surface area contributed by atoms with Gasteiger partial charge in [-0.25, -0.2) is 9.97 Å². The molecule has 1 aromatic carbocycles. The Bertz CT molecular complexity index is 774. The summed E-state index contributed by atoms with van der Waals surface area (Å²) in [5.41, 5.74) is 12.5. The van der Waals surface area contributed by atoms with Gasteiger partial charge < -0.3 is 15.4 Å². The van der Waals surface area contributed by atoms with Gasteiger partial charge in [-0.2, -0.15) is 0 Å². The number of hydrogen-bond acceptors (Lipinski definition) is 7.